The van der Waals surface area contributed by atoms with Crippen molar-refractivity contribution in [1.82, 2.24) is 10.2 Å². The molecule has 2 rings (SSSR count). The van der Waals surface area contributed by atoms with E-state index in [1.54, 1.807) is 7.11 Å². The van der Waals surface area contributed by atoms with Crippen molar-refractivity contribution in [2.75, 3.05) is 33.8 Å². The van der Waals surface area contributed by atoms with Gasteiger partial charge in [-0.1, -0.05) is 0 Å². The zero-order chi connectivity index (χ0) is 12.3. The van der Waals surface area contributed by atoms with Gasteiger partial charge >= 0.3 is 0 Å². The van der Waals surface area contributed by atoms with Crippen LogP contribution in [0.1, 0.15) is 16.1 Å². The molecule has 1 amide bonds. The van der Waals surface area contributed by atoms with Crippen molar-refractivity contribution in [3.8, 4) is 5.75 Å². The first-order valence-corrected chi connectivity index (χ1v) is 6.69. The Bertz CT molecular complexity index is 392. The zero-order valence-electron chi connectivity index (χ0n) is 10.2. The van der Waals surface area contributed by atoms with Crippen LogP contribution in [0.3, 0.4) is 0 Å². The summed E-state index contributed by atoms with van der Waals surface area (Å²) in [6, 6.07) is 1.82. The van der Waals surface area contributed by atoms with Gasteiger partial charge in [-0.05, 0) is 25.9 Å². The van der Waals surface area contributed by atoms with E-state index in [1.165, 1.54) is 11.3 Å². The molecule has 4 nitrogen and oxygen atoms in total. The Morgan fingerprint density at radius 1 is 1.71 bits per heavy atom. The van der Waals surface area contributed by atoms with Crippen molar-refractivity contribution in [3.05, 3.63) is 16.3 Å². The average Bonchev–Trinajstić information content (AvgIpc) is 2.97. The number of nitrogens with one attached hydrogen (secondary N) is 1. The first-order valence-electron chi connectivity index (χ1n) is 5.81. The number of methoxy groups -OCH3 is 1. The highest BCUT2D eigenvalue weighted by Gasteiger charge is 2.27. The molecule has 1 aromatic rings. The van der Waals surface area contributed by atoms with E-state index in [1.807, 2.05) is 23.4 Å². The van der Waals surface area contributed by atoms with E-state index in [0.717, 1.165) is 36.7 Å². The van der Waals surface area contributed by atoms with Crippen molar-refractivity contribution in [3.63, 3.8) is 0 Å². The van der Waals surface area contributed by atoms with Gasteiger partial charge in [-0.3, -0.25) is 4.79 Å². The Labute approximate surface area is 106 Å². The minimum atomic E-state index is 0.136. The summed E-state index contributed by atoms with van der Waals surface area (Å²) in [7, 11) is 3.57. The van der Waals surface area contributed by atoms with Crippen LogP contribution >= 0.6 is 11.3 Å². The Morgan fingerprint density at radius 2 is 2.53 bits per heavy atom. The number of carbonyl (C=O) groups is 1. The topological polar surface area (TPSA) is 41.6 Å². The second-order valence-electron chi connectivity index (χ2n) is 4.31. The Morgan fingerprint density at radius 3 is 3.18 bits per heavy atom. The molecule has 94 valence electrons. The van der Waals surface area contributed by atoms with Crippen molar-refractivity contribution in [2.45, 2.75) is 6.42 Å². The van der Waals surface area contributed by atoms with E-state index >= 15 is 0 Å². The first-order chi connectivity index (χ1) is 8.24. The molecule has 1 aliphatic heterocycles. The molecule has 1 unspecified atom stereocenters. The SMILES string of the molecule is CNCC1CCN(C(=O)c2cc(OC)cs2)C1. The molecule has 17 heavy (non-hydrogen) atoms. The number of thiophene rings is 1. The summed E-state index contributed by atoms with van der Waals surface area (Å²) in [5, 5.41) is 5.04. The summed E-state index contributed by atoms with van der Waals surface area (Å²) in [6.07, 6.45) is 1.09. The molecule has 0 spiro atoms. The van der Waals surface area contributed by atoms with E-state index in [-0.39, 0.29) is 5.91 Å². The van der Waals surface area contributed by atoms with Crippen LogP contribution in [-0.4, -0.2) is 44.6 Å². The largest absolute Gasteiger partial charge is 0.496 e. The third-order valence-electron chi connectivity index (χ3n) is 3.09. The maximum atomic E-state index is 12.2. The van der Waals surface area contributed by atoms with E-state index < -0.39 is 0 Å². The Balaban J connectivity index is 1.96. The molecular formula is C12H18N2O2S. The molecule has 1 aliphatic rings. The zero-order valence-corrected chi connectivity index (χ0v) is 11.0. The van der Waals surface area contributed by atoms with Crippen LogP contribution in [0.2, 0.25) is 0 Å². The van der Waals surface area contributed by atoms with Crippen LogP contribution in [-0.2, 0) is 0 Å². The van der Waals surface area contributed by atoms with Crippen molar-refractivity contribution in [1.29, 1.82) is 0 Å². The summed E-state index contributed by atoms with van der Waals surface area (Å²) in [4.78, 5) is 14.9. The molecule has 1 N–H and O–H groups in total. The van der Waals surface area contributed by atoms with Gasteiger partial charge < -0.3 is 15.0 Å². The van der Waals surface area contributed by atoms with Gasteiger partial charge in [-0.25, -0.2) is 0 Å². The third-order valence-corrected chi connectivity index (χ3v) is 3.98. The second-order valence-corrected chi connectivity index (χ2v) is 5.23. The molecule has 1 atom stereocenters. The van der Waals surface area contributed by atoms with Gasteiger partial charge in [0.2, 0.25) is 0 Å². The van der Waals surface area contributed by atoms with Crippen LogP contribution in [0, 0.1) is 5.92 Å². The standard InChI is InChI=1S/C12H18N2O2S/c1-13-6-9-3-4-14(7-9)12(15)11-5-10(16-2)8-17-11/h5,8-9,13H,3-4,6-7H2,1-2H3. The Kier molecular flexibility index (Phi) is 4.02. The smallest absolute Gasteiger partial charge is 0.264 e. The lowest BCUT2D eigenvalue weighted by atomic mass is 10.1. The minimum absolute atomic E-state index is 0.136. The van der Waals surface area contributed by atoms with Crippen molar-refractivity contribution in [2.24, 2.45) is 5.92 Å². The van der Waals surface area contributed by atoms with Gasteiger partial charge in [0.25, 0.3) is 5.91 Å². The number of hydrogen-bond donors (Lipinski definition) is 1. The van der Waals surface area contributed by atoms with Gasteiger partial charge in [0.05, 0.1) is 12.0 Å². The maximum Gasteiger partial charge on any atom is 0.264 e. The summed E-state index contributed by atoms with van der Waals surface area (Å²) < 4.78 is 5.10. The predicted octanol–water partition coefficient (Wildman–Crippen LogP) is 1.44. The van der Waals surface area contributed by atoms with Crippen LogP contribution in [0.5, 0.6) is 5.75 Å². The lowest BCUT2D eigenvalue weighted by Crippen LogP contribution is -2.29. The molecule has 0 radical (unpaired) electrons. The second kappa shape index (κ2) is 5.51. The average molecular weight is 254 g/mol. The van der Waals surface area contributed by atoms with E-state index in [4.69, 9.17) is 4.74 Å². The lowest BCUT2D eigenvalue weighted by Gasteiger charge is -2.15. The third kappa shape index (κ3) is 2.79. The van der Waals surface area contributed by atoms with Crippen LogP contribution in [0.25, 0.3) is 0 Å². The van der Waals surface area contributed by atoms with Crippen molar-refractivity contribution >= 4 is 17.2 Å². The quantitative estimate of drug-likeness (QED) is 0.884. The highest BCUT2D eigenvalue weighted by Crippen LogP contribution is 2.25. The predicted molar refractivity (Wildman–Crippen MR) is 68.8 cm³/mol. The van der Waals surface area contributed by atoms with Gasteiger partial charge in [0.15, 0.2) is 0 Å². The molecule has 1 aromatic heterocycles. The number of carbonyl (C=O) groups excluding carboxylic acids is 1. The number of nitrogens with zero attached hydrogens (tertiary/aromatic N) is 1. The summed E-state index contributed by atoms with van der Waals surface area (Å²) in [5.41, 5.74) is 0. The number of rotatable bonds is 4. The van der Waals surface area contributed by atoms with E-state index in [2.05, 4.69) is 5.32 Å². The summed E-state index contributed by atoms with van der Waals surface area (Å²) in [6.45, 7) is 2.71. The number of amides is 1. The monoisotopic (exact) mass is 254 g/mol. The van der Waals surface area contributed by atoms with Crippen molar-refractivity contribution < 1.29 is 9.53 Å². The van der Waals surface area contributed by atoms with Crippen LogP contribution in [0.15, 0.2) is 11.4 Å². The molecule has 0 aliphatic carbocycles. The van der Waals surface area contributed by atoms with E-state index in [0.29, 0.717) is 5.92 Å². The van der Waals surface area contributed by atoms with Gasteiger partial charge in [-0.15, -0.1) is 11.3 Å². The summed E-state index contributed by atoms with van der Waals surface area (Å²) >= 11 is 1.45. The molecule has 1 saturated heterocycles. The molecule has 1 fully saturated rings. The van der Waals surface area contributed by atoms with Gasteiger partial charge in [0, 0.05) is 24.5 Å². The van der Waals surface area contributed by atoms with Gasteiger partial charge in [0.1, 0.15) is 5.75 Å². The lowest BCUT2D eigenvalue weighted by molar-refractivity contribution is 0.0792. The molecule has 5 heteroatoms. The highest BCUT2D eigenvalue weighted by molar-refractivity contribution is 7.12. The first kappa shape index (κ1) is 12.4. The number of hydrogen-bond acceptors (Lipinski definition) is 4. The fourth-order valence-electron chi connectivity index (χ4n) is 2.17. The maximum absolute atomic E-state index is 12.2. The van der Waals surface area contributed by atoms with E-state index in [9.17, 15) is 4.79 Å². The normalized spacial score (nSPS) is 19.6. The Hall–Kier alpha value is -1.07. The molecule has 0 saturated carbocycles. The van der Waals surface area contributed by atoms with Gasteiger partial charge in [-0.2, -0.15) is 0 Å². The summed E-state index contributed by atoms with van der Waals surface area (Å²) in [5.74, 6) is 1.49. The number of likely N-dealkylation sites (tertiary alicyclic amines) is 1. The fourth-order valence-corrected chi connectivity index (χ4v) is 2.99. The minimum Gasteiger partial charge on any atom is -0.496 e. The fraction of sp³-hybridized carbons (Fsp3) is 0.583. The van der Waals surface area contributed by atoms with Crippen LogP contribution in [0.4, 0.5) is 0 Å². The van der Waals surface area contributed by atoms with Crippen LogP contribution < -0.4 is 10.1 Å². The highest BCUT2D eigenvalue weighted by atomic mass is 32.1. The number of ether oxygens (including phenoxy) is 1. The molecule has 0 bridgehead atoms. The molecule has 0 aromatic carbocycles. The molecule has 2 heterocycles. The molecular weight excluding hydrogens is 236 g/mol.